The lowest BCUT2D eigenvalue weighted by molar-refractivity contribution is 0.0964. The molecule has 0 atom stereocenters. The summed E-state index contributed by atoms with van der Waals surface area (Å²) in [5.74, 6) is -0.0573. The predicted molar refractivity (Wildman–Crippen MR) is 169 cm³/mol. The molecule has 1 amide bonds. The number of carbonyl (C=O) groups excluding carboxylic acids is 1. The average molecular weight is 616 g/mol. The lowest BCUT2D eigenvalue weighted by atomic mass is 10.0. The second kappa shape index (κ2) is 10.8. The van der Waals surface area contributed by atoms with E-state index in [1.165, 1.54) is 38.4 Å². The number of methoxy groups -OCH3 is 1. The van der Waals surface area contributed by atoms with Crippen LogP contribution in [0.15, 0.2) is 83.3 Å². The quantitative estimate of drug-likeness (QED) is 0.209. The van der Waals surface area contributed by atoms with E-state index in [1.54, 1.807) is 42.7 Å². The number of rotatable bonds is 7. The number of thiophene rings is 1. The van der Waals surface area contributed by atoms with E-state index in [2.05, 4.69) is 5.32 Å². The number of furan rings is 1. The van der Waals surface area contributed by atoms with Crippen LogP contribution < -0.4 is 14.4 Å². The molecule has 0 aliphatic rings. The number of hydrogen-bond acceptors (Lipinski definition) is 7. The van der Waals surface area contributed by atoms with Gasteiger partial charge in [0.15, 0.2) is 0 Å². The van der Waals surface area contributed by atoms with Gasteiger partial charge in [-0.15, -0.1) is 11.3 Å². The molecule has 6 aromatic rings. The molecule has 43 heavy (non-hydrogen) atoms. The second-order valence-electron chi connectivity index (χ2n) is 9.88. The van der Waals surface area contributed by atoms with Crippen LogP contribution >= 0.6 is 11.3 Å². The van der Waals surface area contributed by atoms with E-state index < -0.39 is 21.7 Å². The number of benzene rings is 3. The third kappa shape index (κ3) is 5.10. The Hall–Kier alpha value is -4.74. The molecule has 3 heterocycles. The number of aromatic nitrogens is 1. The Morgan fingerprint density at radius 1 is 1.05 bits per heavy atom. The Labute approximate surface area is 251 Å². The van der Waals surface area contributed by atoms with Crippen LogP contribution in [0, 0.1) is 5.82 Å². The molecule has 0 fully saturated rings. The molecule has 0 aliphatic heterocycles. The molecule has 3 aromatic heterocycles. The zero-order valence-corrected chi connectivity index (χ0v) is 25.3. The Morgan fingerprint density at radius 2 is 1.79 bits per heavy atom. The SMILES string of the molecule is CNC(=O)c1c(-c2ccc(F)cc2)oc2cc(N(C)S(C)(=O)=O)c(-c3ccc(OC)c(-c4cc5ccccc5s4)n3)cc12. The predicted octanol–water partition coefficient (Wildman–Crippen LogP) is 6.95. The Morgan fingerprint density at radius 3 is 2.47 bits per heavy atom. The highest BCUT2D eigenvalue weighted by Gasteiger charge is 2.27. The number of halogens is 1. The van der Waals surface area contributed by atoms with Crippen molar-refractivity contribution in [3.05, 3.63) is 90.2 Å². The summed E-state index contributed by atoms with van der Waals surface area (Å²) in [7, 11) is 0.811. The first-order valence-corrected chi connectivity index (χ1v) is 15.8. The number of fused-ring (bicyclic) bond motifs is 2. The summed E-state index contributed by atoms with van der Waals surface area (Å²) in [5.41, 5.74) is 2.83. The molecular weight excluding hydrogens is 590 g/mol. The maximum absolute atomic E-state index is 13.7. The zero-order valence-electron chi connectivity index (χ0n) is 23.6. The molecule has 218 valence electrons. The minimum absolute atomic E-state index is 0.230. The highest BCUT2D eigenvalue weighted by atomic mass is 32.2. The van der Waals surface area contributed by atoms with Crippen LogP contribution in [0.3, 0.4) is 0 Å². The highest BCUT2D eigenvalue weighted by molar-refractivity contribution is 7.92. The number of ether oxygens (including phenoxy) is 1. The fourth-order valence-corrected chi connectivity index (χ4v) is 6.53. The van der Waals surface area contributed by atoms with E-state index in [0.29, 0.717) is 39.3 Å². The van der Waals surface area contributed by atoms with Crippen molar-refractivity contribution in [3.63, 3.8) is 0 Å². The van der Waals surface area contributed by atoms with E-state index in [4.69, 9.17) is 14.1 Å². The summed E-state index contributed by atoms with van der Waals surface area (Å²) in [4.78, 5) is 19.1. The molecule has 0 saturated carbocycles. The van der Waals surface area contributed by atoms with Gasteiger partial charge in [-0.2, -0.15) is 0 Å². The van der Waals surface area contributed by atoms with Gasteiger partial charge in [-0.25, -0.2) is 17.8 Å². The zero-order chi connectivity index (χ0) is 30.5. The van der Waals surface area contributed by atoms with Crippen LogP contribution in [0.5, 0.6) is 5.75 Å². The molecule has 0 spiro atoms. The van der Waals surface area contributed by atoms with Crippen molar-refractivity contribution in [3.8, 4) is 38.9 Å². The van der Waals surface area contributed by atoms with Gasteiger partial charge in [0.2, 0.25) is 10.0 Å². The first-order valence-electron chi connectivity index (χ1n) is 13.2. The molecule has 3 aromatic carbocycles. The van der Waals surface area contributed by atoms with Crippen LogP contribution in [0.2, 0.25) is 0 Å². The van der Waals surface area contributed by atoms with Gasteiger partial charge in [-0.1, -0.05) is 18.2 Å². The largest absolute Gasteiger partial charge is 0.494 e. The average Bonchev–Trinajstić information content (AvgIpc) is 3.61. The molecule has 0 bridgehead atoms. The van der Waals surface area contributed by atoms with Crippen molar-refractivity contribution in [2.45, 2.75) is 0 Å². The smallest absolute Gasteiger partial charge is 0.255 e. The number of nitrogens with zero attached hydrogens (tertiary/aromatic N) is 2. The van der Waals surface area contributed by atoms with Gasteiger partial charge in [-0.05, 0) is 60.0 Å². The number of amides is 1. The van der Waals surface area contributed by atoms with Crippen LogP contribution in [0.25, 0.3) is 54.2 Å². The third-order valence-electron chi connectivity index (χ3n) is 7.22. The summed E-state index contributed by atoms with van der Waals surface area (Å²) in [6.07, 6.45) is 1.10. The first kappa shape index (κ1) is 28.4. The van der Waals surface area contributed by atoms with Gasteiger partial charge in [0, 0.05) is 41.4 Å². The minimum Gasteiger partial charge on any atom is -0.494 e. The topological polar surface area (TPSA) is 102 Å². The van der Waals surface area contributed by atoms with Gasteiger partial charge in [0.25, 0.3) is 5.91 Å². The highest BCUT2D eigenvalue weighted by Crippen LogP contribution is 2.43. The van der Waals surface area contributed by atoms with E-state index in [0.717, 1.165) is 25.5 Å². The van der Waals surface area contributed by atoms with Crippen LogP contribution in [0.1, 0.15) is 10.4 Å². The number of anilines is 1. The van der Waals surface area contributed by atoms with Crippen LogP contribution in [0.4, 0.5) is 10.1 Å². The molecule has 6 rings (SSSR count). The summed E-state index contributed by atoms with van der Waals surface area (Å²) < 4.78 is 53.3. The normalized spacial score (nSPS) is 11.7. The van der Waals surface area contributed by atoms with Crippen molar-refractivity contribution >= 4 is 54.0 Å². The van der Waals surface area contributed by atoms with Crippen LogP contribution in [-0.2, 0) is 10.0 Å². The van der Waals surface area contributed by atoms with Crippen molar-refractivity contribution in [1.29, 1.82) is 0 Å². The maximum Gasteiger partial charge on any atom is 0.255 e. The number of carbonyl (C=O) groups is 1. The number of nitrogens with one attached hydrogen (secondary N) is 1. The van der Waals surface area contributed by atoms with E-state index in [1.807, 2.05) is 30.3 Å². The van der Waals surface area contributed by atoms with Gasteiger partial charge in [-0.3, -0.25) is 9.10 Å². The van der Waals surface area contributed by atoms with Gasteiger partial charge < -0.3 is 14.5 Å². The third-order valence-corrected chi connectivity index (χ3v) is 9.53. The van der Waals surface area contributed by atoms with E-state index in [-0.39, 0.29) is 16.9 Å². The van der Waals surface area contributed by atoms with E-state index in [9.17, 15) is 17.6 Å². The fraction of sp³-hybridized carbons (Fsp3) is 0.125. The molecule has 0 unspecified atom stereocenters. The molecule has 8 nitrogen and oxygen atoms in total. The van der Waals surface area contributed by atoms with Crippen molar-refractivity contribution in [2.75, 3.05) is 31.8 Å². The second-order valence-corrected chi connectivity index (χ2v) is 13.0. The lowest BCUT2D eigenvalue weighted by Gasteiger charge is -2.21. The summed E-state index contributed by atoms with van der Waals surface area (Å²) in [5, 5.41) is 4.16. The minimum atomic E-state index is -3.71. The standard InChI is InChI=1S/C32H26FN3O5S2/c1-34-32(37)29-22-16-21(23-13-14-25(40-3)30(35-23)28-15-19-7-5-6-8-27(19)42-28)24(36(2)43(4,38)39)17-26(22)41-31(29)18-9-11-20(33)12-10-18/h5-17H,1-4H3,(H,34,37). The van der Waals surface area contributed by atoms with Gasteiger partial charge in [0.1, 0.15) is 28.6 Å². The van der Waals surface area contributed by atoms with Crippen LogP contribution in [-0.4, -0.2) is 46.8 Å². The molecule has 0 radical (unpaired) electrons. The Balaban J connectivity index is 1.64. The maximum atomic E-state index is 13.7. The molecule has 1 N–H and O–H groups in total. The molecular formula is C32H26FN3O5S2. The fourth-order valence-electron chi connectivity index (χ4n) is 4.97. The Kier molecular flexibility index (Phi) is 7.15. The van der Waals surface area contributed by atoms with Crippen molar-refractivity contribution < 1.29 is 26.8 Å². The summed E-state index contributed by atoms with van der Waals surface area (Å²) in [6.45, 7) is 0. The lowest BCUT2D eigenvalue weighted by Crippen LogP contribution is -2.25. The molecule has 0 aliphatic carbocycles. The molecule has 11 heteroatoms. The van der Waals surface area contributed by atoms with Crippen molar-refractivity contribution in [1.82, 2.24) is 10.3 Å². The van der Waals surface area contributed by atoms with Gasteiger partial charge in [0.05, 0.1) is 35.2 Å². The molecule has 0 saturated heterocycles. The summed E-state index contributed by atoms with van der Waals surface area (Å²) in [6, 6.07) is 22.5. The number of pyridine rings is 1. The number of sulfonamides is 1. The van der Waals surface area contributed by atoms with Gasteiger partial charge >= 0.3 is 0 Å². The number of hydrogen-bond donors (Lipinski definition) is 1. The van der Waals surface area contributed by atoms with E-state index >= 15 is 0 Å². The van der Waals surface area contributed by atoms with Crippen molar-refractivity contribution in [2.24, 2.45) is 0 Å². The summed E-state index contributed by atoms with van der Waals surface area (Å²) >= 11 is 1.57. The monoisotopic (exact) mass is 615 g/mol. The first-order chi connectivity index (χ1) is 20.6. The Bertz CT molecular complexity index is 2100.